The van der Waals surface area contributed by atoms with Crippen LogP contribution in [0.15, 0.2) is 66.7 Å². The molecule has 3 aromatic rings. The molecule has 0 aromatic heterocycles. The van der Waals surface area contributed by atoms with Crippen molar-refractivity contribution < 1.29 is 47.3 Å². The summed E-state index contributed by atoms with van der Waals surface area (Å²) in [6, 6.07) is 12.4. The lowest BCUT2D eigenvalue weighted by Gasteiger charge is -2.30. The van der Waals surface area contributed by atoms with E-state index in [0.717, 1.165) is 17.0 Å². The number of carbonyl (C=O) groups excluding carboxylic acids is 3. The number of likely N-dealkylation sites (tertiary alicyclic amines) is 1. The van der Waals surface area contributed by atoms with Gasteiger partial charge in [-0.05, 0) is 48.7 Å². The number of nitrogens with one attached hydrogen (secondary N) is 2. The third-order valence-corrected chi connectivity index (χ3v) is 7.49. The zero-order chi connectivity index (χ0) is 32.2. The Hall–Kier alpha value is -4.49. The van der Waals surface area contributed by atoms with Gasteiger partial charge in [-0.3, -0.25) is 14.4 Å². The van der Waals surface area contributed by atoms with Crippen LogP contribution < -0.4 is 10.6 Å². The summed E-state index contributed by atoms with van der Waals surface area (Å²) in [5.74, 6) is -3.79. The first-order chi connectivity index (χ1) is 20.8. The van der Waals surface area contributed by atoms with Gasteiger partial charge in [-0.15, -0.1) is 0 Å². The molecule has 234 valence electrons. The van der Waals surface area contributed by atoms with Crippen molar-refractivity contribution in [1.29, 1.82) is 0 Å². The van der Waals surface area contributed by atoms with E-state index in [1.807, 2.05) is 0 Å². The molecule has 13 heteroatoms. The number of aliphatic hydroxyl groups is 2. The molecule has 44 heavy (non-hydrogen) atoms. The number of halogens is 4. The van der Waals surface area contributed by atoms with E-state index >= 15 is 0 Å². The smallest absolute Gasteiger partial charge is 0.416 e. The number of phenols is 1. The van der Waals surface area contributed by atoms with E-state index in [-0.39, 0.29) is 36.3 Å². The molecule has 3 amide bonds. The number of aromatic hydroxyl groups is 1. The molecule has 0 bridgehead atoms. The first-order valence-corrected chi connectivity index (χ1v) is 13.7. The number of carbonyl (C=O) groups is 3. The predicted molar refractivity (Wildman–Crippen MR) is 150 cm³/mol. The third kappa shape index (κ3) is 7.53. The predicted octanol–water partition coefficient (Wildman–Crippen LogP) is 2.84. The normalized spacial score (nSPS) is 18.0. The lowest BCUT2D eigenvalue weighted by atomic mass is 9.98. The van der Waals surface area contributed by atoms with Gasteiger partial charge in [0.25, 0.3) is 11.8 Å². The van der Waals surface area contributed by atoms with Crippen LogP contribution in [-0.2, 0) is 28.7 Å². The standard InChI is InChI=1S/C31H31F4N3O6/c1-17-22(8-5-9-26(17)40)28(42)37-24(12-18-6-3-2-4-7-18)27(41)30(44)38-16-21(39)14-25(38)29(43)36-15-19-10-11-20(32)13-23(19)31(33,34)35/h2-11,13,21,24-25,27,39-41H,12,14-16H2,1H3,(H,36,43)(H,37,42). The lowest BCUT2D eigenvalue weighted by molar-refractivity contribution is -0.146. The van der Waals surface area contributed by atoms with Crippen molar-refractivity contribution in [2.45, 2.75) is 56.8 Å². The zero-order valence-electron chi connectivity index (χ0n) is 23.5. The maximum Gasteiger partial charge on any atom is 0.416 e. The fraction of sp³-hybridized carbons (Fsp3) is 0.323. The molecule has 3 aromatic carbocycles. The van der Waals surface area contributed by atoms with Crippen molar-refractivity contribution in [2.24, 2.45) is 0 Å². The summed E-state index contributed by atoms with van der Waals surface area (Å²) >= 11 is 0. The molecule has 0 spiro atoms. The van der Waals surface area contributed by atoms with E-state index in [4.69, 9.17) is 0 Å². The Morgan fingerprint density at radius 2 is 1.75 bits per heavy atom. The fourth-order valence-corrected chi connectivity index (χ4v) is 5.14. The van der Waals surface area contributed by atoms with Gasteiger partial charge < -0.3 is 30.9 Å². The number of alkyl halides is 3. The maximum absolute atomic E-state index is 13.6. The molecule has 1 saturated heterocycles. The molecular weight excluding hydrogens is 586 g/mol. The SMILES string of the molecule is Cc1c(O)cccc1C(=O)NC(Cc1ccccc1)C(O)C(=O)N1CC(O)CC1C(=O)NCc1ccc(F)cc1C(F)(F)F. The highest BCUT2D eigenvalue weighted by Gasteiger charge is 2.43. The summed E-state index contributed by atoms with van der Waals surface area (Å²) in [4.78, 5) is 40.7. The Morgan fingerprint density at radius 3 is 2.43 bits per heavy atom. The monoisotopic (exact) mass is 617 g/mol. The molecule has 4 atom stereocenters. The Kier molecular flexibility index (Phi) is 9.90. The Bertz CT molecular complexity index is 1520. The van der Waals surface area contributed by atoms with Gasteiger partial charge in [-0.2, -0.15) is 13.2 Å². The van der Waals surface area contributed by atoms with Crippen LogP contribution in [0.25, 0.3) is 0 Å². The van der Waals surface area contributed by atoms with Crippen LogP contribution in [0.5, 0.6) is 5.75 Å². The van der Waals surface area contributed by atoms with Crippen LogP contribution in [0.4, 0.5) is 17.6 Å². The van der Waals surface area contributed by atoms with Crippen LogP contribution >= 0.6 is 0 Å². The summed E-state index contributed by atoms with van der Waals surface area (Å²) in [6.45, 7) is 0.535. The van der Waals surface area contributed by atoms with Crippen molar-refractivity contribution >= 4 is 17.7 Å². The van der Waals surface area contributed by atoms with Gasteiger partial charge in [-0.25, -0.2) is 4.39 Å². The lowest BCUT2D eigenvalue weighted by Crippen LogP contribution is -2.55. The number of rotatable bonds is 9. The van der Waals surface area contributed by atoms with E-state index in [9.17, 15) is 47.3 Å². The Labute approximate surface area is 250 Å². The first-order valence-electron chi connectivity index (χ1n) is 13.7. The van der Waals surface area contributed by atoms with Crippen LogP contribution in [0.1, 0.15) is 39.0 Å². The van der Waals surface area contributed by atoms with Crippen molar-refractivity contribution in [1.82, 2.24) is 15.5 Å². The summed E-state index contributed by atoms with van der Waals surface area (Å²) in [6.07, 6.45) is -8.21. The summed E-state index contributed by atoms with van der Waals surface area (Å²) in [7, 11) is 0. The van der Waals surface area contributed by atoms with E-state index in [1.54, 1.807) is 30.3 Å². The molecule has 5 N–H and O–H groups in total. The Balaban J connectivity index is 1.53. The molecular formula is C31H31F4N3O6. The van der Waals surface area contributed by atoms with Gasteiger partial charge in [0.05, 0.1) is 17.7 Å². The Morgan fingerprint density at radius 1 is 1.05 bits per heavy atom. The van der Waals surface area contributed by atoms with Crippen molar-refractivity contribution in [3.63, 3.8) is 0 Å². The van der Waals surface area contributed by atoms with Crippen LogP contribution in [0.3, 0.4) is 0 Å². The van der Waals surface area contributed by atoms with Crippen molar-refractivity contribution in [3.05, 3.63) is 100 Å². The average molecular weight is 618 g/mol. The average Bonchev–Trinajstić information content (AvgIpc) is 3.38. The highest BCUT2D eigenvalue weighted by atomic mass is 19.4. The van der Waals surface area contributed by atoms with Crippen molar-refractivity contribution in [2.75, 3.05) is 6.54 Å². The molecule has 4 unspecified atom stereocenters. The minimum atomic E-state index is -4.88. The molecule has 9 nitrogen and oxygen atoms in total. The van der Waals surface area contributed by atoms with Gasteiger partial charge in [0.2, 0.25) is 5.91 Å². The minimum Gasteiger partial charge on any atom is -0.508 e. The largest absolute Gasteiger partial charge is 0.508 e. The highest BCUT2D eigenvalue weighted by Crippen LogP contribution is 2.32. The molecule has 1 heterocycles. The molecule has 1 fully saturated rings. The van der Waals surface area contributed by atoms with E-state index < -0.39 is 71.7 Å². The van der Waals surface area contributed by atoms with Crippen molar-refractivity contribution in [3.8, 4) is 5.75 Å². The molecule has 1 aliphatic rings. The molecule has 0 aliphatic carbocycles. The quantitative estimate of drug-likeness (QED) is 0.234. The van der Waals surface area contributed by atoms with Gasteiger partial charge >= 0.3 is 6.18 Å². The molecule has 1 aliphatic heterocycles. The third-order valence-electron chi connectivity index (χ3n) is 7.49. The number of aliphatic hydroxyl groups excluding tert-OH is 2. The maximum atomic E-state index is 13.6. The topological polar surface area (TPSA) is 139 Å². The van der Waals surface area contributed by atoms with E-state index in [0.29, 0.717) is 11.6 Å². The van der Waals surface area contributed by atoms with Crippen LogP contribution in [-0.4, -0.2) is 68.8 Å². The van der Waals surface area contributed by atoms with Gasteiger partial charge in [0.1, 0.15) is 17.6 Å². The number of nitrogens with zero attached hydrogens (tertiary/aromatic N) is 1. The molecule has 4 rings (SSSR count). The summed E-state index contributed by atoms with van der Waals surface area (Å²) in [5, 5.41) is 36.5. The van der Waals surface area contributed by atoms with Gasteiger partial charge in [0.15, 0.2) is 6.10 Å². The summed E-state index contributed by atoms with van der Waals surface area (Å²) in [5.41, 5.74) is -0.632. The number of hydrogen-bond donors (Lipinski definition) is 5. The van der Waals surface area contributed by atoms with E-state index in [2.05, 4.69) is 10.6 Å². The molecule has 0 saturated carbocycles. The molecule has 0 radical (unpaired) electrons. The first kappa shape index (κ1) is 32.4. The second-order valence-corrected chi connectivity index (χ2v) is 10.6. The minimum absolute atomic E-state index is 0.00457. The number of amides is 3. The van der Waals surface area contributed by atoms with Gasteiger partial charge in [-0.1, -0.05) is 42.5 Å². The second kappa shape index (κ2) is 13.4. The number of hydrogen-bond acceptors (Lipinski definition) is 6. The number of benzene rings is 3. The van der Waals surface area contributed by atoms with Gasteiger partial charge in [0, 0.05) is 30.6 Å². The van der Waals surface area contributed by atoms with Crippen LogP contribution in [0.2, 0.25) is 0 Å². The second-order valence-electron chi connectivity index (χ2n) is 10.6. The zero-order valence-corrected chi connectivity index (χ0v) is 23.5. The number of β-amino-alcohol motifs (C(OH)–C–C–N with tert-alkyl or cyclic N) is 1. The summed E-state index contributed by atoms with van der Waals surface area (Å²) < 4.78 is 53.7. The van der Waals surface area contributed by atoms with Crippen LogP contribution in [0, 0.1) is 12.7 Å². The van der Waals surface area contributed by atoms with E-state index in [1.165, 1.54) is 25.1 Å². The number of phenolic OH excluding ortho intramolecular Hbond substituents is 1. The fourth-order valence-electron chi connectivity index (χ4n) is 5.14. The highest BCUT2D eigenvalue weighted by molar-refractivity contribution is 5.97.